The molecule has 0 spiro atoms. The maximum absolute atomic E-state index is 3.73. The molecule has 0 aliphatic carbocycles. The molecule has 2 heteroatoms. The van der Waals surface area contributed by atoms with Crippen molar-refractivity contribution in [2.45, 2.75) is 18.9 Å². The lowest BCUT2D eigenvalue weighted by Gasteiger charge is -2.35. The Labute approximate surface area is 121 Å². The van der Waals surface area contributed by atoms with Gasteiger partial charge in [-0.25, -0.2) is 0 Å². The van der Waals surface area contributed by atoms with Crippen LogP contribution in [0.1, 0.15) is 18.9 Å². The van der Waals surface area contributed by atoms with Crippen molar-refractivity contribution < 1.29 is 0 Å². The van der Waals surface area contributed by atoms with Crippen LogP contribution in [0.2, 0.25) is 0 Å². The number of anilines is 1. The first kappa shape index (κ1) is 13.2. The third kappa shape index (κ3) is 2.70. The zero-order valence-corrected chi connectivity index (χ0v) is 12.0. The van der Waals surface area contributed by atoms with Crippen LogP contribution >= 0.6 is 0 Å². The van der Waals surface area contributed by atoms with Crippen LogP contribution in [0, 0.1) is 0 Å². The summed E-state index contributed by atoms with van der Waals surface area (Å²) < 4.78 is 0. The van der Waals surface area contributed by atoms with Gasteiger partial charge in [0.05, 0.1) is 5.54 Å². The van der Waals surface area contributed by atoms with E-state index in [9.17, 15) is 0 Å². The molecule has 1 aliphatic rings. The quantitative estimate of drug-likeness (QED) is 0.896. The fourth-order valence-electron chi connectivity index (χ4n) is 3.01. The highest BCUT2D eigenvalue weighted by Gasteiger charge is 2.30. The fraction of sp³-hybridized carbons (Fsp3) is 0.333. The van der Waals surface area contributed by atoms with Crippen LogP contribution in [-0.4, -0.2) is 19.6 Å². The summed E-state index contributed by atoms with van der Waals surface area (Å²) in [5, 5.41) is 3.73. The summed E-state index contributed by atoms with van der Waals surface area (Å²) in [6.07, 6.45) is 1.18. The van der Waals surface area contributed by atoms with E-state index < -0.39 is 0 Å². The second-order valence-electron chi connectivity index (χ2n) is 5.74. The molecule has 0 radical (unpaired) electrons. The van der Waals surface area contributed by atoms with Crippen LogP contribution in [0.5, 0.6) is 0 Å². The first-order chi connectivity index (χ1) is 9.78. The first-order valence-corrected chi connectivity index (χ1v) is 7.38. The van der Waals surface area contributed by atoms with E-state index in [1.54, 1.807) is 0 Å². The van der Waals surface area contributed by atoms with Crippen molar-refractivity contribution in [1.82, 2.24) is 5.32 Å². The fourth-order valence-corrected chi connectivity index (χ4v) is 3.01. The monoisotopic (exact) mass is 266 g/mol. The Morgan fingerprint density at radius 2 is 1.60 bits per heavy atom. The van der Waals surface area contributed by atoms with Crippen LogP contribution < -0.4 is 10.2 Å². The Morgan fingerprint density at radius 1 is 0.950 bits per heavy atom. The highest BCUT2D eigenvalue weighted by molar-refractivity contribution is 5.47. The number of hydrogen-bond donors (Lipinski definition) is 1. The summed E-state index contributed by atoms with van der Waals surface area (Å²) >= 11 is 0. The van der Waals surface area contributed by atoms with Gasteiger partial charge in [-0.1, -0.05) is 48.5 Å². The zero-order valence-electron chi connectivity index (χ0n) is 12.0. The molecule has 104 valence electrons. The van der Waals surface area contributed by atoms with Crippen LogP contribution in [0.3, 0.4) is 0 Å². The minimum absolute atomic E-state index is 0.00754. The minimum atomic E-state index is 0.00754. The van der Waals surface area contributed by atoms with Crippen molar-refractivity contribution >= 4 is 5.69 Å². The molecule has 1 N–H and O–H groups in total. The molecule has 1 unspecified atom stereocenters. The zero-order chi connectivity index (χ0) is 13.8. The summed E-state index contributed by atoms with van der Waals surface area (Å²) in [5.41, 5.74) is 2.69. The van der Waals surface area contributed by atoms with E-state index in [-0.39, 0.29) is 5.54 Å². The molecule has 0 amide bonds. The van der Waals surface area contributed by atoms with E-state index in [1.807, 2.05) is 0 Å². The molecule has 1 saturated heterocycles. The number of nitrogens with one attached hydrogen (secondary N) is 1. The highest BCUT2D eigenvalue weighted by atomic mass is 15.2. The van der Waals surface area contributed by atoms with Gasteiger partial charge in [-0.2, -0.15) is 0 Å². The maximum atomic E-state index is 3.73. The Kier molecular flexibility index (Phi) is 3.75. The second-order valence-corrected chi connectivity index (χ2v) is 5.74. The topological polar surface area (TPSA) is 15.3 Å². The molecule has 1 atom stereocenters. The van der Waals surface area contributed by atoms with Gasteiger partial charge in [-0.15, -0.1) is 0 Å². The Balaban J connectivity index is 1.89. The molecular formula is C18H22N2. The van der Waals surface area contributed by atoms with E-state index in [0.29, 0.717) is 0 Å². The molecule has 2 aromatic carbocycles. The number of hydrogen-bond acceptors (Lipinski definition) is 2. The number of para-hydroxylation sites is 1. The van der Waals surface area contributed by atoms with E-state index in [4.69, 9.17) is 0 Å². The van der Waals surface area contributed by atoms with E-state index in [0.717, 1.165) is 19.6 Å². The molecule has 2 nitrogen and oxygen atoms in total. The molecule has 1 fully saturated rings. The molecule has 0 bridgehead atoms. The van der Waals surface area contributed by atoms with Gasteiger partial charge in [0, 0.05) is 18.8 Å². The normalized spacial score (nSPS) is 23.4. The van der Waals surface area contributed by atoms with Gasteiger partial charge >= 0.3 is 0 Å². The van der Waals surface area contributed by atoms with E-state index >= 15 is 0 Å². The van der Waals surface area contributed by atoms with Gasteiger partial charge in [0.25, 0.3) is 0 Å². The Bertz CT molecular complexity index is 538. The molecular weight excluding hydrogens is 244 g/mol. The van der Waals surface area contributed by atoms with Crippen molar-refractivity contribution in [3.8, 4) is 0 Å². The lowest BCUT2D eigenvalue weighted by molar-refractivity contribution is 0.392. The largest absolute Gasteiger partial charge is 0.369 e. The first-order valence-electron chi connectivity index (χ1n) is 7.38. The van der Waals surface area contributed by atoms with Gasteiger partial charge in [-0.3, -0.25) is 0 Å². The Morgan fingerprint density at radius 3 is 2.30 bits per heavy atom. The number of benzene rings is 2. The lowest BCUT2D eigenvalue weighted by Crippen LogP contribution is -2.46. The van der Waals surface area contributed by atoms with Gasteiger partial charge < -0.3 is 10.2 Å². The summed E-state index contributed by atoms with van der Waals surface area (Å²) in [4.78, 5) is 2.49. The molecule has 1 heterocycles. The summed E-state index contributed by atoms with van der Waals surface area (Å²) in [6.45, 7) is 5.48. The Hall–Kier alpha value is -1.80. The standard InChI is InChI=1S/C18H22N2/c1-18(16-9-4-2-5-10-16)15-20(14-8-13-19-18)17-11-6-3-7-12-17/h2-7,9-12,19H,8,13-15H2,1H3. The molecule has 1 aliphatic heterocycles. The van der Waals surface area contributed by atoms with Crippen molar-refractivity contribution in [1.29, 1.82) is 0 Å². The summed E-state index contributed by atoms with van der Waals surface area (Å²) in [6, 6.07) is 21.5. The number of rotatable bonds is 2. The van der Waals surface area contributed by atoms with Gasteiger partial charge in [0.2, 0.25) is 0 Å². The van der Waals surface area contributed by atoms with Crippen molar-refractivity contribution in [3.05, 3.63) is 66.2 Å². The maximum Gasteiger partial charge on any atom is 0.0583 e. The van der Waals surface area contributed by atoms with E-state index in [2.05, 4.69) is 77.8 Å². The van der Waals surface area contributed by atoms with Crippen LogP contribution in [0.4, 0.5) is 5.69 Å². The minimum Gasteiger partial charge on any atom is -0.369 e. The third-order valence-electron chi connectivity index (χ3n) is 4.16. The number of nitrogens with zero attached hydrogens (tertiary/aromatic N) is 1. The van der Waals surface area contributed by atoms with Crippen molar-refractivity contribution in [3.63, 3.8) is 0 Å². The summed E-state index contributed by atoms with van der Waals surface area (Å²) in [7, 11) is 0. The predicted octanol–water partition coefficient (Wildman–Crippen LogP) is 3.40. The second kappa shape index (κ2) is 5.68. The lowest BCUT2D eigenvalue weighted by atomic mass is 9.91. The average molecular weight is 266 g/mol. The van der Waals surface area contributed by atoms with Crippen LogP contribution in [0.15, 0.2) is 60.7 Å². The van der Waals surface area contributed by atoms with Crippen LogP contribution in [-0.2, 0) is 5.54 Å². The SMILES string of the molecule is CC1(c2ccccc2)CN(c2ccccc2)CCCN1. The third-order valence-corrected chi connectivity index (χ3v) is 4.16. The van der Waals surface area contributed by atoms with Gasteiger partial charge in [-0.05, 0) is 37.6 Å². The van der Waals surface area contributed by atoms with Crippen molar-refractivity contribution in [2.75, 3.05) is 24.5 Å². The summed E-state index contributed by atoms with van der Waals surface area (Å²) in [5.74, 6) is 0. The molecule has 0 aromatic heterocycles. The van der Waals surface area contributed by atoms with Crippen molar-refractivity contribution in [2.24, 2.45) is 0 Å². The predicted molar refractivity (Wildman–Crippen MR) is 85.1 cm³/mol. The molecule has 2 aromatic rings. The van der Waals surface area contributed by atoms with E-state index in [1.165, 1.54) is 17.7 Å². The van der Waals surface area contributed by atoms with Gasteiger partial charge in [0.1, 0.15) is 0 Å². The van der Waals surface area contributed by atoms with Crippen LogP contribution in [0.25, 0.3) is 0 Å². The molecule has 20 heavy (non-hydrogen) atoms. The average Bonchev–Trinajstić information content (AvgIpc) is 2.72. The van der Waals surface area contributed by atoms with Gasteiger partial charge in [0.15, 0.2) is 0 Å². The highest BCUT2D eigenvalue weighted by Crippen LogP contribution is 2.27. The smallest absolute Gasteiger partial charge is 0.0583 e. The molecule has 3 rings (SSSR count). The molecule has 0 saturated carbocycles.